The van der Waals surface area contributed by atoms with Crippen LogP contribution in [0.3, 0.4) is 0 Å². The van der Waals surface area contributed by atoms with E-state index in [-0.39, 0.29) is 16.1 Å². The van der Waals surface area contributed by atoms with E-state index >= 15 is 0 Å². The molecule has 0 N–H and O–H groups in total. The predicted octanol–water partition coefficient (Wildman–Crippen LogP) is 6.37. The molecule has 0 heterocycles. The predicted molar refractivity (Wildman–Crippen MR) is 90.0 cm³/mol. The maximum Gasteiger partial charge on any atom is 0.127 e. The normalized spacial score (nSPS) is 13.3. The van der Waals surface area contributed by atoms with E-state index in [1.54, 1.807) is 6.07 Å². The molecule has 1 unspecified atom stereocenters. The molecule has 0 saturated carbocycles. The number of hydrogen-bond donors (Lipinski definition) is 0. The summed E-state index contributed by atoms with van der Waals surface area (Å²) in [5, 5.41) is 0. The second kappa shape index (κ2) is 5.98. The van der Waals surface area contributed by atoms with Gasteiger partial charge in [0.25, 0.3) is 0 Å². The lowest BCUT2D eigenvalue weighted by Gasteiger charge is -2.20. The molecular weight excluding hydrogens is 383 g/mol. The van der Waals surface area contributed by atoms with Crippen molar-refractivity contribution in [2.45, 2.75) is 31.0 Å². The van der Waals surface area contributed by atoms with Crippen molar-refractivity contribution in [2.24, 2.45) is 0 Å². The Morgan fingerprint density at radius 1 is 1.00 bits per heavy atom. The SMILES string of the molecule is CC(C)(C)c1ccc(C(Br)c2cc(Br)ccc2F)cc1. The van der Waals surface area contributed by atoms with Crippen molar-refractivity contribution in [1.29, 1.82) is 0 Å². The Labute approximate surface area is 136 Å². The van der Waals surface area contributed by atoms with Gasteiger partial charge in [-0.3, -0.25) is 0 Å². The van der Waals surface area contributed by atoms with E-state index in [1.165, 1.54) is 11.6 Å². The molecule has 3 heteroatoms. The summed E-state index contributed by atoms with van der Waals surface area (Å²) >= 11 is 6.98. The van der Waals surface area contributed by atoms with Gasteiger partial charge in [0.15, 0.2) is 0 Å². The van der Waals surface area contributed by atoms with Gasteiger partial charge in [-0.1, -0.05) is 76.9 Å². The molecule has 0 aliphatic carbocycles. The zero-order valence-electron chi connectivity index (χ0n) is 11.8. The molecular formula is C17H17Br2F. The van der Waals surface area contributed by atoms with E-state index in [0.717, 1.165) is 10.0 Å². The molecule has 1 atom stereocenters. The van der Waals surface area contributed by atoms with E-state index < -0.39 is 0 Å². The Morgan fingerprint density at radius 3 is 2.15 bits per heavy atom. The molecule has 0 bridgehead atoms. The number of benzene rings is 2. The Kier molecular flexibility index (Phi) is 4.70. The maximum absolute atomic E-state index is 13.9. The van der Waals surface area contributed by atoms with Crippen molar-refractivity contribution in [3.05, 3.63) is 69.4 Å². The summed E-state index contributed by atoms with van der Waals surface area (Å²) in [4.78, 5) is -0.144. The average Bonchev–Trinajstić information content (AvgIpc) is 2.40. The highest BCUT2D eigenvalue weighted by Crippen LogP contribution is 2.35. The van der Waals surface area contributed by atoms with Gasteiger partial charge >= 0.3 is 0 Å². The van der Waals surface area contributed by atoms with E-state index in [1.807, 2.05) is 6.07 Å². The first kappa shape index (κ1) is 15.7. The van der Waals surface area contributed by atoms with Crippen LogP contribution < -0.4 is 0 Å². The lowest BCUT2D eigenvalue weighted by Crippen LogP contribution is -2.10. The third kappa shape index (κ3) is 3.50. The van der Waals surface area contributed by atoms with Gasteiger partial charge in [-0.15, -0.1) is 0 Å². The summed E-state index contributed by atoms with van der Waals surface area (Å²) in [7, 11) is 0. The summed E-state index contributed by atoms with van der Waals surface area (Å²) < 4.78 is 14.8. The highest BCUT2D eigenvalue weighted by Gasteiger charge is 2.17. The molecule has 0 spiro atoms. The summed E-state index contributed by atoms with van der Waals surface area (Å²) in [5.41, 5.74) is 3.09. The fourth-order valence-electron chi connectivity index (χ4n) is 2.04. The van der Waals surface area contributed by atoms with Crippen molar-refractivity contribution >= 4 is 31.9 Å². The standard InChI is InChI=1S/C17H17Br2F/c1-17(2,3)12-6-4-11(5-7-12)16(19)14-10-13(18)8-9-15(14)20/h4-10,16H,1-3H3. The molecule has 2 aromatic rings. The van der Waals surface area contributed by atoms with Crippen LogP contribution in [0.15, 0.2) is 46.9 Å². The van der Waals surface area contributed by atoms with Crippen LogP contribution in [0.5, 0.6) is 0 Å². The molecule has 0 saturated heterocycles. The first-order valence-electron chi connectivity index (χ1n) is 6.48. The van der Waals surface area contributed by atoms with Gasteiger partial charge in [0.1, 0.15) is 5.82 Å². The highest BCUT2D eigenvalue weighted by atomic mass is 79.9. The quantitative estimate of drug-likeness (QED) is 0.514. The second-order valence-corrected chi connectivity index (χ2v) is 7.73. The average molecular weight is 400 g/mol. The Bertz CT molecular complexity index is 597. The Hall–Kier alpha value is -0.670. The minimum Gasteiger partial charge on any atom is -0.207 e. The number of alkyl halides is 1. The van der Waals surface area contributed by atoms with Gasteiger partial charge in [0.2, 0.25) is 0 Å². The first-order chi connectivity index (χ1) is 9.29. The van der Waals surface area contributed by atoms with Gasteiger partial charge in [-0.05, 0) is 34.7 Å². The van der Waals surface area contributed by atoms with Crippen molar-refractivity contribution < 1.29 is 4.39 Å². The minimum absolute atomic E-state index is 0.126. The monoisotopic (exact) mass is 398 g/mol. The Morgan fingerprint density at radius 2 is 1.60 bits per heavy atom. The smallest absolute Gasteiger partial charge is 0.127 e. The zero-order chi connectivity index (χ0) is 14.9. The number of halogens is 3. The van der Waals surface area contributed by atoms with E-state index in [0.29, 0.717) is 5.56 Å². The van der Waals surface area contributed by atoms with Crippen LogP contribution in [0.2, 0.25) is 0 Å². The van der Waals surface area contributed by atoms with Gasteiger partial charge in [0, 0.05) is 10.0 Å². The lowest BCUT2D eigenvalue weighted by molar-refractivity contribution is 0.589. The van der Waals surface area contributed by atoms with Crippen LogP contribution in [0.1, 0.15) is 42.3 Å². The van der Waals surface area contributed by atoms with Gasteiger partial charge in [0.05, 0.1) is 4.83 Å². The third-order valence-corrected chi connectivity index (χ3v) is 4.82. The Balaban J connectivity index is 2.34. The topological polar surface area (TPSA) is 0 Å². The first-order valence-corrected chi connectivity index (χ1v) is 8.19. The van der Waals surface area contributed by atoms with Crippen LogP contribution in [0, 0.1) is 5.82 Å². The van der Waals surface area contributed by atoms with Crippen molar-refractivity contribution in [1.82, 2.24) is 0 Å². The number of rotatable bonds is 2. The molecule has 0 amide bonds. The molecule has 0 fully saturated rings. The molecule has 0 nitrogen and oxygen atoms in total. The van der Waals surface area contributed by atoms with Gasteiger partial charge < -0.3 is 0 Å². The largest absolute Gasteiger partial charge is 0.207 e. The summed E-state index contributed by atoms with van der Waals surface area (Å²) in [6.45, 7) is 6.55. The minimum atomic E-state index is -0.199. The maximum atomic E-state index is 13.9. The van der Waals surface area contributed by atoms with E-state index in [9.17, 15) is 4.39 Å². The van der Waals surface area contributed by atoms with Crippen molar-refractivity contribution in [2.75, 3.05) is 0 Å². The fraction of sp³-hybridized carbons (Fsp3) is 0.294. The molecule has 2 rings (SSSR count). The molecule has 2 aromatic carbocycles. The molecule has 0 aliphatic heterocycles. The summed E-state index contributed by atoms with van der Waals surface area (Å²) in [6, 6.07) is 13.3. The fourth-order valence-corrected chi connectivity index (χ4v) is 3.08. The molecule has 106 valence electrons. The summed E-state index contributed by atoms with van der Waals surface area (Å²) in [6.07, 6.45) is 0. The van der Waals surface area contributed by atoms with E-state index in [2.05, 4.69) is 76.9 Å². The molecule has 20 heavy (non-hydrogen) atoms. The van der Waals surface area contributed by atoms with E-state index in [4.69, 9.17) is 0 Å². The molecule has 0 radical (unpaired) electrons. The van der Waals surface area contributed by atoms with Gasteiger partial charge in [-0.25, -0.2) is 4.39 Å². The lowest BCUT2D eigenvalue weighted by atomic mass is 9.86. The van der Waals surface area contributed by atoms with Gasteiger partial charge in [-0.2, -0.15) is 0 Å². The van der Waals surface area contributed by atoms with Crippen molar-refractivity contribution in [3.63, 3.8) is 0 Å². The summed E-state index contributed by atoms with van der Waals surface area (Å²) in [5.74, 6) is -0.199. The molecule has 0 aromatic heterocycles. The van der Waals surface area contributed by atoms with Crippen LogP contribution in [0.25, 0.3) is 0 Å². The highest BCUT2D eigenvalue weighted by molar-refractivity contribution is 9.10. The van der Waals surface area contributed by atoms with Crippen LogP contribution in [-0.2, 0) is 5.41 Å². The van der Waals surface area contributed by atoms with Crippen LogP contribution in [-0.4, -0.2) is 0 Å². The molecule has 0 aliphatic rings. The zero-order valence-corrected chi connectivity index (χ0v) is 14.9. The number of hydrogen-bond acceptors (Lipinski definition) is 0. The second-order valence-electron chi connectivity index (χ2n) is 5.90. The van der Waals surface area contributed by atoms with Crippen LogP contribution >= 0.6 is 31.9 Å². The van der Waals surface area contributed by atoms with Crippen molar-refractivity contribution in [3.8, 4) is 0 Å². The van der Waals surface area contributed by atoms with Crippen LogP contribution in [0.4, 0.5) is 4.39 Å². The third-order valence-electron chi connectivity index (χ3n) is 3.30.